The first-order chi connectivity index (χ1) is 17.6. The van der Waals surface area contributed by atoms with Crippen LogP contribution in [0.25, 0.3) is 0 Å². The van der Waals surface area contributed by atoms with Crippen LogP contribution >= 0.6 is 0 Å². The molecule has 0 bridgehead atoms. The monoisotopic (exact) mass is 501 g/mol. The lowest BCUT2D eigenvalue weighted by Crippen LogP contribution is -2.36. The van der Waals surface area contributed by atoms with E-state index in [1.807, 2.05) is 19.1 Å². The first kappa shape index (κ1) is 28.4. The van der Waals surface area contributed by atoms with E-state index in [1.54, 1.807) is 18.3 Å². The highest BCUT2D eigenvalue weighted by Crippen LogP contribution is 2.40. The summed E-state index contributed by atoms with van der Waals surface area (Å²) in [6.45, 7) is 13.0. The number of nitrogens with zero attached hydrogens (tertiary/aromatic N) is 1. The smallest absolute Gasteiger partial charge is 0.345 e. The summed E-state index contributed by atoms with van der Waals surface area (Å²) in [5, 5.41) is 0. The SMILES string of the molecule is CC(C)=CCC/C(C)=C/CC/C(C)=C/CC[C@]1(C)CCc2cc(OC(=O)c3cccnc3)cc(C)c2O1. The number of rotatable bonds is 11. The number of esters is 1. The molecule has 3 rings (SSSR count). The third-order valence-corrected chi connectivity index (χ3v) is 6.99. The Hall–Kier alpha value is -3.14. The molecule has 0 saturated heterocycles. The molecule has 0 saturated carbocycles. The van der Waals surface area contributed by atoms with E-state index in [4.69, 9.17) is 9.47 Å². The molecule has 2 aromatic rings. The summed E-state index contributed by atoms with van der Waals surface area (Å²) < 4.78 is 12.2. The second-order valence-corrected chi connectivity index (χ2v) is 10.9. The summed E-state index contributed by atoms with van der Waals surface area (Å²) >= 11 is 0. The molecule has 2 heterocycles. The van der Waals surface area contributed by atoms with Crippen LogP contribution in [0.5, 0.6) is 11.5 Å². The van der Waals surface area contributed by atoms with Gasteiger partial charge >= 0.3 is 5.97 Å². The summed E-state index contributed by atoms with van der Waals surface area (Å²) in [5.41, 5.74) is 6.68. The highest BCUT2D eigenvalue weighted by atomic mass is 16.5. The predicted octanol–water partition coefficient (Wildman–Crippen LogP) is 8.89. The van der Waals surface area contributed by atoms with Gasteiger partial charge in [-0.15, -0.1) is 0 Å². The number of hydrogen-bond acceptors (Lipinski definition) is 4. The lowest BCUT2D eigenvalue weighted by atomic mass is 9.87. The zero-order valence-electron chi connectivity index (χ0n) is 23.5. The van der Waals surface area contributed by atoms with Crippen molar-refractivity contribution >= 4 is 5.97 Å². The van der Waals surface area contributed by atoms with E-state index in [0.29, 0.717) is 11.3 Å². The average Bonchev–Trinajstić information content (AvgIpc) is 2.85. The minimum atomic E-state index is -0.398. The summed E-state index contributed by atoms with van der Waals surface area (Å²) in [4.78, 5) is 16.4. The first-order valence-corrected chi connectivity index (χ1v) is 13.5. The molecule has 0 unspecified atom stereocenters. The molecule has 0 radical (unpaired) electrons. The van der Waals surface area contributed by atoms with Crippen LogP contribution in [0.15, 0.2) is 71.6 Å². The summed E-state index contributed by atoms with van der Waals surface area (Å²) in [6.07, 6.45) is 18.6. The van der Waals surface area contributed by atoms with Crippen LogP contribution in [0.4, 0.5) is 0 Å². The molecule has 4 nitrogen and oxygen atoms in total. The highest BCUT2D eigenvalue weighted by Gasteiger charge is 2.32. The fourth-order valence-corrected chi connectivity index (χ4v) is 4.69. The fraction of sp³-hybridized carbons (Fsp3) is 0.455. The average molecular weight is 502 g/mol. The van der Waals surface area contributed by atoms with Gasteiger partial charge in [0.25, 0.3) is 0 Å². The van der Waals surface area contributed by atoms with Gasteiger partial charge in [0.15, 0.2) is 0 Å². The number of hydrogen-bond donors (Lipinski definition) is 0. The highest BCUT2D eigenvalue weighted by molar-refractivity contribution is 5.90. The second-order valence-electron chi connectivity index (χ2n) is 10.9. The van der Waals surface area contributed by atoms with E-state index < -0.39 is 5.97 Å². The van der Waals surface area contributed by atoms with Crippen molar-refractivity contribution in [3.8, 4) is 11.5 Å². The molecule has 37 heavy (non-hydrogen) atoms. The van der Waals surface area contributed by atoms with Crippen LogP contribution in [-0.4, -0.2) is 16.6 Å². The summed E-state index contributed by atoms with van der Waals surface area (Å²) in [5.74, 6) is 1.09. The van der Waals surface area contributed by atoms with Crippen molar-refractivity contribution in [3.63, 3.8) is 0 Å². The number of aryl methyl sites for hydroxylation is 2. The maximum Gasteiger partial charge on any atom is 0.345 e. The Kier molecular flexibility index (Phi) is 10.3. The van der Waals surface area contributed by atoms with E-state index in [9.17, 15) is 4.79 Å². The van der Waals surface area contributed by atoms with Crippen LogP contribution in [0.2, 0.25) is 0 Å². The van der Waals surface area contributed by atoms with Gasteiger partial charge < -0.3 is 9.47 Å². The number of carbonyl (C=O) groups excluding carboxylic acids is 1. The van der Waals surface area contributed by atoms with Gasteiger partial charge in [0.05, 0.1) is 5.56 Å². The zero-order chi connectivity index (χ0) is 26.8. The largest absolute Gasteiger partial charge is 0.487 e. The molecule has 1 aliphatic rings. The Morgan fingerprint density at radius 3 is 2.43 bits per heavy atom. The van der Waals surface area contributed by atoms with Crippen LogP contribution in [0, 0.1) is 6.92 Å². The van der Waals surface area contributed by atoms with Gasteiger partial charge in [-0.1, -0.05) is 34.9 Å². The van der Waals surface area contributed by atoms with Gasteiger partial charge in [-0.25, -0.2) is 4.79 Å². The topological polar surface area (TPSA) is 48.4 Å². The van der Waals surface area contributed by atoms with Gasteiger partial charge in [-0.2, -0.15) is 0 Å². The summed E-state index contributed by atoms with van der Waals surface area (Å²) in [6, 6.07) is 7.26. The molecular formula is C33H43NO3. The van der Waals surface area contributed by atoms with Crippen molar-refractivity contribution < 1.29 is 14.3 Å². The zero-order valence-corrected chi connectivity index (χ0v) is 23.5. The lowest BCUT2D eigenvalue weighted by Gasteiger charge is -2.37. The number of aromatic nitrogens is 1. The summed E-state index contributed by atoms with van der Waals surface area (Å²) in [7, 11) is 0. The molecule has 0 N–H and O–H groups in total. The molecule has 0 spiro atoms. The van der Waals surface area contributed by atoms with Crippen LogP contribution in [0.3, 0.4) is 0 Å². The van der Waals surface area contributed by atoms with Crippen LogP contribution in [0.1, 0.15) is 101 Å². The van der Waals surface area contributed by atoms with Crippen LogP contribution < -0.4 is 9.47 Å². The van der Waals surface area contributed by atoms with Gasteiger partial charge in [-0.05, 0) is 128 Å². The van der Waals surface area contributed by atoms with Crippen molar-refractivity contribution in [1.29, 1.82) is 0 Å². The molecule has 4 heteroatoms. The number of benzene rings is 1. The van der Waals surface area contributed by atoms with Gasteiger partial charge in [-0.3, -0.25) is 4.98 Å². The van der Waals surface area contributed by atoms with E-state index >= 15 is 0 Å². The molecular weight excluding hydrogens is 458 g/mol. The first-order valence-electron chi connectivity index (χ1n) is 13.5. The van der Waals surface area contributed by atoms with Crippen LogP contribution in [-0.2, 0) is 6.42 Å². The Balaban J connectivity index is 1.51. The minimum absolute atomic E-state index is 0.191. The lowest BCUT2D eigenvalue weighted by molar-refractivity contribution is 0.0558. The maximum absolute atomic E-state index is 12.4. The van der Waals surface area contributed by atoms with Gasteiger partial charge in [0.2, 0.25) is 0 Å². The van der Waals surface area contributed by atoms with E-state index in [2.05, 4.69) is 57.8 Å². The molecule has 1 aromatic heterocycles. The number of carbonyl (C=O) groups is 1. The number of allylic oxidation sites excluding steroid dienone is 6. The third kappa shape index (κ3) is 9.03. The molecule has 1 aromatic carbocycles. The van der Waals surface area contributed by atoms with Crippen molar-refractivity contribution in [2.45, 2.75) is 98.5 Å². The molecule has 1 atom stereocenters. The third-order valence-electron chi connectivity index (χ3n) is 6.99. The molecule has 1 aliphatic heterocycles. The molecule has 0 aliphatic carbocycles. The number of fused-ring (bicyclic) bond motifs is 1. The van der Waals surface area contributed by atoms with Gasteiger partial charge in [0, 0.05) is 12.4 Å². The molecule has 0 fully saturated rings. The normalized spacial score (nSPS) is 17.6. The number of ether oxygens (including phenoxy) is 2. The van der Waals surface area contributed by atoms with Crippen molar-refractivity contribution in [2.75, 3.05) is 0 Å². The van der Waals surface area contributed by atoms with Crippen molar-refractivity contribution in [1.82, 2.24) is 4.98 Å². The maximum atomic E-state index is 12.4. The van der Waals surface area contributed by atoms with Crippen molar-refractivity contribution in [2.24, 2.45) is 0 Å². The fourth-order valence-electron chi connectivity index (χ4n) is 4.69. The van der Waals surface area contributed by atoms with Crippen molar-refractivity contribution in [3.05, 3.63) is 88.3 Å². The standard InChI is InChI=1S/C33H43NO3/c1-24(2)11-7-12-25(3)13-8-14-26(4)15-9-18-33(6)19-17-28-22-30(21-27(5)31(28)37-33)36-32(35)29-16-10-20-34-23-29/h10-11,13,15-16,20-23H,7-9,12,14,17-19H2,1-6H3/b25-13+,26-15+/t33-/m1/s1. The number of pyridine rings is 1. The molecule has 0 amide bonds. The Morgan fingerprint density at radius 1 is 1.05 bits per heavy atom. The Bertz CT molecular complexity index is 1160. The van der Waals surface area contributed by atoms with E-state index in [0.717, 1.165) is 68.2 Å². The van der Waals surface area contributed by atoms with E-state index in [-0.39, 0.29) is 5.60 Å². The van der Waals surface area contributed by atoms with Gasteiger partial charge in [0.1, 0.15) is 17.1 Å². The van der Waals surface area contributed by atoms with E-state index in [1.165, 1.54) is 22.9 Å². The predicted molar refractivity (Wildman–Crippen MR) is 152 cm³/mol. The second kappa shape index (κ2) is 13.4. The minimum Gasteiger partial charge on any atom is -0.487 e. The Labute approximate surface area is 223 Å². The molecule has 198 valence electrons. The Morgan fingerprint density at radius 2 is 1.76 bits per heavy atom. The quantitative estimate of drug-likeness (QED) is 0.175.